The zero-order valence-corrected chi connectivity index (χ0v) is 10.6. The van der Waals surface area contributed by atoms with Crippen molar-refractivity contribution in [2.24, 2.45) is 0 Å². The Morgan fingerprint density at radius 2 is 1.95 bits per heavy atom. The van der Waals surface area contributed by atoms with E-state index in [0.717, 1.165) is 5.75 Å². The van der Waals surface area contributed by atoms with Gasteiger partial charge < -0.3 is 14.6 Å². The summed E-state index contributed by atoms with van der Waals surface area (Å²) in [6.07, 6.45) is 0. The quantitative estimate of drug-likeness (QED) is 0.861. The molecule has 2 rings (SSSR count). The summed E-state index contributed by atoms with van der Waals surface area (Å²) in [5.74, 6) is 0.339. The molecule has 19 heavy (non-hydrogen) atoms. The van der Waals surface area contributed by atoms with Crippen LogP contribution in [0.4, 0.5) is 0 Å². The van der Waals surface area contributed by atoms with Gasteiger partial charge in [-0.15, -0.1) is 0 Å². The Balaban J connectivity index is 2.08. The molecule has 1 heterocycles. The van der Waals surface area contributed by atoms with Crippen LogP contribution in [0.5, 0.6) is 11.5 Å². The molecule has 100 valence electrons. The number of ether oxygens (including phenoxy) is 2. The second kappa shape index (κ2) is 5.43. The minimum Gasteiger partial charge on any atom is -0.497 e. The first kappa shape index (κ1) is 12.9. The van der Waals surface area contributed by atoms with Crippen LogP contribution in [0.2, 0.25) is 0 Å². The number of benzene rings is 1. The van der Waals surface area contributed by atoms with Crippen molar-refractivity contribution in [2.75, 3.05) is 7.11 Å². The number of carboxylic acids is 1. The highest BCUT2D eigenvalue weighted by molar-refractivity contribution is 5.90. The number of hydrogen-bond donors (Lipinski definition) is 2. The molecule has 2 aromatic rings. The fourth-order valence-electron chi connectivity index (χ4n) is 1.69. The lowest BCUT2D eigenvalue weighted by Gasteiger charge is -2.06. The lowest BCUT2D eigenvalue weighted by Crippen LogP contribution is -2.05. The van der Waals surface area contributed by atoms with E-state index in [0.29, 0.717) is 17.1 Å². The predicted octanol–water partition coefficient (Wildman–Crippen LogP) is 2.00. The Bertz CT molecular complexity index is 575. The highest BCUT2D eigenvalue weighted by Gasteiger charge is 2.17. The topological polar surface area (TPSA) is 84.4 Å². The van der Waals surface area contributed by atoms with Crippen LogP contribution in [-0.2, 0) is 6.61 Å². The number of rotatable bonds is 5. The van der Waals surface area contributed by atoms with Crippen molar-refractivity contribution in [1.82, 2.24) is 10.2 Å². The molecule has 0 aliphatic rings. The monoisotopic (exact) mass is 262 g/mol. The van der Waals surface area contributed by atoms with Gasteiger partial charge in [-0.1, -0.05) is 0 Å². The summed E-state index contributed by atoms with van der Waals surface area (Å²) in [6.45, 7) is 1.76. The largest absolute Gasteiger partial charge is 0.497 e. The van der Waals surface area contributed by atoms with Gasteiger partial charge in [-0.3, -0.25) is 5.10 Å². The van der Waals surface area contributed by atoms with E-state index < -0.39 is 5.97 Å². The van der Waals surface area contributed by atoms with Gasteiger partial charge in [0.2, 0.25) is 0 Å². The number of aromatic carboxylic acids is 1. The van der Waals surface area contributed by atoms with Crippen molar-refractivity contribution < 1.29 is 19.4 Å². The summed E-state index contributed by atoms with van der Waals surface area (Å²) in [6, 6.07) is 7.03. The molecule has 0 aliphatic carbocycles. The Morgan fingerprint density at radius 1 is 1.32 bits per heavy atom. The summed E-state index contributed by atoms with van der Waals surface area (Å²) in [5.41, 5.74) is 1.05. The Kier molecular flexibility index (Phi) is 3.70. The number of nitrogens with zero attached hydrogens (tertiary/aromatic N) is 1. The first-order chi connectivity index (χ1) is 9.11. The summed E-state index contributed by atoms with van der Waals surface area (Å²) < 4.78 is 10.5. The van der Waals surface area contributed by atoms with Crippen LogP contribution in [0.3, 0.4) is 0 Å². The summed E-state index contributed by atoms with van der Waals surface area (Å²) in [7, 11) is 1.58. The number of aromatic nitrogens is 2. The summed E-state index contributed by atoms with van der Waals surface area (Å²) in [5, 5.41) is 15.6. The van der Waals surface area contributed by atoms with Crippen molar-refractivity contribution in [2.45, 2.75) is 13.5 Å². The molecule has 0 spiro atoms. The second-order valence-electron chi connectivity index (χ2n) is 3.94. The van der Waals surface area contributed by atoms with E-state index in [1.807, 2.05) is 0 Å². The van der Waals surface area contributed by atoms with Crippen LogP contribution >= 0.6 is 0 Å². The van der Waals surface area contributed by atoms with Crippen molar-refractivity contribution in [1.29, 1.82) is 0 Å². The number of methoxy groups -OCH3 is 1. The maximum Gasteiger partial charge on any atom is 0.339 e. The molecule has 6 nitrogen and oxygen atoms in total. The van der Waals surface area contributed by atoms with Crippen molar-refractivity contribution in [3.05, 3.63) is 41.2 Å². The average molecular weight is 262 g/mol. The molecule has 0 saturated carbocycles. The molecule has 0 amide bonds. The number of carbonyl (C=O) groups is 1. The number of nitrogens with one attached hydrogen (secondary N) is 1. The Morgan fingerprint density at radius 3 is 2.53 bits per heavy atom. The van der Waals surface area contributed by atoms with Gasteiger partial charge >= 0.3 is 5.97 Å². The molecular formula is C13H14N2O4. The van der Waals surface area contributed by atoms with Crippen LogP contribution in [0.1, 0.15) is 21.7 Å². The minimum atomic E-state index is -1.01. The molecule has 0 unspecified atom stereocenters. The highest BCUT2D eigenvalue weighted by atomic mass is 16.5. The molecule has 0 bridgehead atoms. The highest BCUT2D eigenvalue weighted by Crippen LogP contribution is 2.19. The summed E-state index contributed by atoms with van der Waals surface area (Å²) >= 11 is 0. The van der Waals surface area contributed by atoms with Gasteiger partial charge in [0.1, 0.15) is 29.4 Å². The van der Waals surface area contributed by atoms with Crippen LogP contribution in [0.25, 0.3) is 0 Å². The smallest absolute Gasteiger partial charge is 0.339 e. The SMILES string of the molecule is COc1ccc(OCc2n[nH]c(C)c2C(=O)O)cc1. The van der Waals surface area contributed by atoms with Crippen LogP contribution in [0.15, 0.2) is 24.3 Å². The second-order valence-corrected chi connectivity index (χ2v) is 3.94. The zero-order chi connectivity index (χ0) is 13.8. The van der Waals surface area contributed by atoms with Gasteiger partial charge in [-0.25, -0.2) is 4.79 Å². The number of H-pyrrole nitrogens is 1. The first-order valence-corrected chi connectivity index (χ1v) is 5.66. The molecule has 1 aromatic heterocycles. The van der Waals surface area contributed by atoms with Crippen LogP contribution in [-0.4, -0.2) is 28.4 Å². The van der Waals surface area contributed by atoms with Crippen molar-refractivity contribution >= 4 is 5.97 Å². The van der Waals surface area contributed by atoms with Gasteiger partial charge in [-0.05, 0) is 31.2 Å². The molecule has 6 heteroatoms. The van der Waals surface area contributed by atoms with E-state index >= 15 is 0 Å². The molecule has 0 atom stereocenters. The van der Waals surface area contributed by atoms with E-state index in [2.05, 4.69) is 10.2 Å². The average Bonchev–Trinajstić information content (AvgIpc) is 2.78. The Labute approximate surface area is 110 Å². The van der Waals surface area contributed by atoms with E-state index in [4.69, 9.17) is 14.6 Å². The third-order valence-corrected chi connectivity index (χ3v) is 2.67. The third-order valence-electron chi connectivity index (χ3n) is 2.67. The molecule has 1 aromatic carbocycles. The maximum absolute atomic E-state index is 11.1. The number of hydrogen-bond acceptors (Lipinski definition) is 4. The van der Waals surface area contributed by atoms with Gasteiger partial charge in [0.25, 0.3) is 0 Å². The van der Waals surface area contributed by atoms with Crippen LogP contribution in [0, 0.1) is 6.92 Å². The lowest BCUT2D eigenvalue weighted by molar-refractivity contribution is 0.0693. The van der Waals surface area contributed by atoms with Gasteiger partial charge in [0, 0.05) is 5.69 Å². The Hall–Kier alpha value is -2.50. The molecule has 0 saturated heterocycles. The van der Waals surface area contributed by atoms with E-state index in [9.17, 15) is 4.79 Å². The predicted molar refractivity (Wildman–Crippen MR) is 67.6 cm³/mol. The minimum absolute atomic E-state index is 0.0955. The van der Waals surface area contributed by atoms with Crippen molar-refractivity contribution in [3.63, 3.8) is 0 Å². The van der Waals surface area contributed by atoms with E-state index in [1.165, 1.54) is 0 Å². The standard InChI is InChI=1S/C13H14N2O4/c1-8-12(13(16)17)11(15-14-8)7-19-10-5-3-9(18-2)4-6-10/h3-6H,7H2,1-2H3,(H,14,15)(H,16,17). The molecule has 0 radical (unpaired) electrons. The van der Waals surface area contributed by atoms with E-state index in [1.54, 1.807) is 38.3 Å². The molecule has 0 fully saturated rings. The summed E-state index contributed by atoms with van der Waals surface area (Å²) in [4.78, 5) is 11.1. The molecular weight excluding hydrogens is 248 g/mol. The zero-order valence-electron chi connectivity index (χ0n) is 10.6. The number of aromatic amines is 1. The van der Waals surface area contributed by atoms with Crippen LogP contribution < -0.4 is 9.47 Å². The van der Waals surface area contributed by atoms with E-state index in [-0.39, 0.29) is 12.2 Å². The van der Waals surface area contributed by atoms with Gasteiger partial charge in [0.15, 0.2) is 0 Å². The van der Waals surface area contributed by atoms with Gasteiger partial charge in [0.05, 0.1) is 7.11 Å². The lowest BCUT2D eigenvalue weighted by atomic mass is 10.2. The maximum atomic E-state index is 11.1. The molecule has 0 aliphatic heterocycles. The number of aryl methyl sites for hydroxylation is 1. The van der Waals surface area contributed by atoms with Crippen molar-refractivity contribution in [3.8, 4) is 11.5 Å². The normalized spacial score (nSPS) is 10.2. The number of carboxylic acid groups (broad SMARTS) is 1. The fraction of sp³-hybridized carbons (Fsp3) is 0.231. The fourth-order valence-corrected chi connectivity index (χ4v) is 1.69. The van der Waals surface area contributed by atoms with Gasteiger partial charge in [-0.2, -0.15) is 5.10 Å². The first-order valence-electron chi connectivity index (χ1n) is 5.66. The third kappa shape index (κ3) is 2.85. The molecule has 2 N–H and O–H groups in total.